The van der Waals surface area contributed by atoms with Crippen molar-refractivity contribution in [1.82, 2.24) is 0 Å². The fourth-order valence-electron chi connectivity index (χ4n) is 5.52. The van der Waals surface area contributed by atoms with E-state index < -0.39 is 11.6 Å². The summed E-state index contributed by atoms with van der Waals surface area (Å²) < 4.78 is 26.2. The highest BCUT2D eigenvalue weighted by Gasteiger charge is 2.24. The first-order valence-electron chi connectivity index (χ1n) is 12.8. The average Bonchev–Trinajstić information content (AvgIpc) is 2.79. The zero-order valence-electron chi connectivity index (χ0n) is 19.4. The molecule has 0 unspecified atom stereocenters. The lowest BCUT2D eigenvalue weighted by molar-refractivity contribution is 0.219. The van der Waals surface area contributed by atoms with Crippen LogP contribution in [0.5, 0.6) is 0 Å². The van der Waals surface area contributed by atoms with Gasteiger partial charge in [0.15, 0.2) is 11.6 Å². The first-order valence-corrected chi connectivity index (χ1v) is 12.8. The Morgan fingerprint density at radius 1 is 0.806 bits per heavy atom. The summed E-state index contributed by atoms with van der Waals surface area (Å²) in [6.07, 6.45) is 23.8. The molecule has 0 heterocycles. The smallest absolute Gasteiger partial charge is 0.160 e. The van der Waals surface area contributed by atoms with Gasteiger partial charge in [-0.05, 0) is 73.6 Å². The largest absolute Gasteiger partial charge is 0.204 e. The van der Waals surface area contributed by atoms with Crippen molar-refractivity contribution in [1.29, 1.82) is 0 Å². The Morgan fingerprint density at radius 2 is 1.42 bits per heavy atom. The van der Waals surface area contributed by atoms with Crippen LogP contribution in [0.25, 0.3) is 0 Å². The molecule has 0 nitrogen and oxygen atoms in total. The van der Waals surface area contributed by atoms with E-state index in [0.717, 1.165) is 29.9 Å². The second-order valence-corrected chi connectivity index (χ2v) is 10.00. The number of hydrogen-bond acceptors (Lipinski definition) is 0. The van der Waals surface area contributed by atoms with Gasteiger partial charge in [0.2, 0.25) is 0 Å². The normalized spacial score (nSPS) is 26.5. The summed E-state index contributed by atoms with van der Waals surface area (Å²) in [5.41, 5.74) is 0.516. The van der Waals surface area contributed by atoms with Gasteiger partial charge in [0.1, 0.15) is 0 Å². The molecule has 170 valence electrons. The maximum atomic E-state index is 13.2. The average molecular weight is 427 g/mol. The molecule has 0 radical (unpaired) electrons. The van der Waals surface area contributed by atoms with E-state index in [-0.39, 0.29) is 0 Å². The second-order valence-electron chi connectivity index (χ2n) is 10.00. The number of allylic oxidation sites excluding steroid dienone is 2. The van der Waals surface area contributed by atoms with Crippen molar-refractivity contribution in [3.63, 3.8) is 0 Å². The van der Waals surface area contributed by atoms with Crippen molar-refractivity contribution in [2.75, 3.05) is 0 Å². The third kappa shape index (κ3) is 8.44. The molecule has 2 aliphatic carbocycles. The number of benzene rings is 1. The van der Waals surface area contributed by atoms with Crippen molar-refractivity contribution in [3.05, 3.63) is 47.5 Å². The number of halogens is 2. The molecule has 0 saturated heterocycles. The van der Waals surface area contributed by atoms with Crippen LogP contribution in [0.4, 0.5) is 8.78 Å². The predicted octanol–water partition coefficient (Wildman–Crippen LogP) is 8.85. The van der Waals surface area contributed by atoms with Gasteiger partial charge in [-0.25, -0.2) is 8.78 Å². The Bertz CT molecular complexity index is 738. The maximum absolute atomic E-state index is 13.2. The van der Waals surface area contributed by atoms with Crippen LogP contribution in [-0.4, -0.2) is 0 Å². The molecule has 0 bridgehead atoms. The molecule has 0 spiro atoms. The molecule has 0 N–H and O–H groups in total. The van der Waals surface area contributed by atoms with E-state index in [4.69, 9.17) is 0 Å². The summed E-state index contributed by atoms with van der Waals surface area (Å²) in [7, 11) is 0. The van der Waals surface area contributed by atoms with Crippen molar-refractivity contribution in [2.45, 2.75) is 96.8 Å². The predicted molar refractivity (Wildman–Crippen MR) is 127 cm³/mol. The van der Waals surface area contributed by atoms with Gasteiger partial charge in [0, 0.05) is 5.56 Å². The number of rotatable bonds is 8. The summed E-state index contributed by atoms with van der Waals surface area (Å²) in [5, 5.41) is 0. The van der Waals surface area contributed by atoms with Gasteiger partial charge in [-0.3, -0.25) is 0 Å². The molecule has 3 rings (SSSR count). The van der Waals surface area contributed by atoms with Crippen LogP contribution >= 0.6 is 0 Å². The van der Waals surface area contributed by atoms with Crippen LogP contribution in [0.15, 0.2) is 30.4 Å². The van der Waals surface area contributed by atoms with E-state index in [1.807, 2.05) is 6.08 Å². The van der Waals surface area contributed by atoms with E-state index in [2.05, 4.69) is 24.8 Å². The van der Waals surface area contributed by atoms with Gasteiger partial charge in [0.05, 0.1) is 0 Å². The van der Waals surface area contributed by atoms with Gasteiger partial charge >= 0.3 is 0 Å². The molecule has 2 aliphatic rings. The highest BCUT2D eigenvalue weighted by atomic mass is 19.2. The van der Waals surface area contributed by atoms with E-state index in [1.54, 1.807) is 0 Å². The van der Waals surface area contributed by atoms with Crippen molar-refractivity contribution in [2.24, 2.45) is 23.7 Å². The molecule has 31 heavy (non-hydrogen) atoms. The fraction of sp³-hybridized carbons (Fsp3) is 0.655. The summed E-state index contributed by atoms with van der Waals surface area (Å²) in [5.74, 6) is 7.75. The molecule has 0 atom stereocenters. The van der Waals surface area contributed by atoms with Crippen LogP contribution in [0, 0.1) is 47.1 Å². The Kier molecular flexibility index (Phi) is 10.1. The fourth-order valence-corrected chi connectivity index (χ4v) is 5.52. The second kappa shape index (κ2) is 13.0. The molecule has 2 fully saturated rings. The van der Waals surface area contributed by atoms with Gasteiger partial charge in [-0.1, -0.05) is 89.0 Å². The molecular formula is C29H40F2. The lowest BCUT2D eigenvalue weighted by Gasteiger charge is -2.31. The molecule has 0 aromatic heterocycles. The van der Waals surface area contributed by atoms with E-state index in [9.17, 15) is 8.78 Å². The topological polar surface area (TPSA) is 0 Å². The highest BCUT2D eigenvalue weighted by molar-refractivity contribution is 5.37. The van der Waals surface area contributed by atoms with Crippen LogP contribution in [0.1, 0.15) is 102 Å². The van der Waals surface area contributed by atoms with Gasteiger partial charge < -0.3 is 0 Å². The molecule has 1 aromatic rings. The third-order valence-corrected chi connectivity index (χ3v) is 7.64. The van der Waals surface area contributed by atoms with Crippen molar-refractivity contribution >= 4 is 0 Å². The van der Waals surface area contributed by atoms with E-state index >= 15 is 0 Å². The van der Waals surface area contributed by atoms with E-state index in [1.165, 1.54) is 96.0 Å². The minimum atomic E-state index is -0.839. The SMILES string of the molecule is CCCCCC1CCC(CCC2CCC(/C=C/C#Cc3ccc(F)c(F)c3)CC2)CC1. The summed E-state index contributed by atoms with van der Waals surface area (Å²) in [6.45, 7) is 2.30. The number of unbranched alkanes of at least 4 members (excludes halogenated alkanes) is 2. The van der Waals surface area contributed by atoms with Gasteiger partial charge in [0.25, 0.3) is 0 Å². The Hall–Kier alpha value is -1.62. The first kappa shape index (κ1) is 24.0. The summed E-state index contributed by atoms with van der Waals surface area (Å²) >= 11 is 0. The Balaban J connectivity index is 1.29. The zero-order chi connectivity index (χ0) is 21.9. The third-order valence-electron chi connectivity index (χ3n) is 7.64. The van der Waals surface area contributed by atoms with E-state index in [0.29, 0.717) is 11.5 Å². The standard InChI is InChI=1S/C29H40F2/c1-2-3-4-7-23-10-14-25(15-11-23)18-19-26-16-12-24(13-17-26)8-5-6-9-27-20-21-28(30)29(31)22-27/h5,8,20-26H,2-4,7,10-19H2,1H3/b8-5+. The van der Waals surface area contributed by atoms with Crippen LogP contribution in [0.3, 0.4) is 0 Å². The van der Waals surface area contributed by atoms with Crippen LogP contribution < -0.4 is 0 Å². The van der Waals surface area contributed by atoms with Crippen LogP contribution in [-0.2, 0) is 0 Å². The minimum absolute atomic E-state index is 0.516. The lowest BCUT2D eigenvalue weighted by Crippen LogP contribution is -2.17. The number of hydrogen-bond donors (Lipinski definition) is 0. The monoisotopic (exact) mass is 426 g/mol. The van der Waals surface area contributed by atoms with Crippen LogP contribution in [0.2, 0.25) is 0 Å². The maximum Gasteiger partial charge on any atom is 0.160 e. The molecule has 0 aliphatic heterocycles. The van der Waals surface area contributed by atoms with Crippen molar-refractivity contribution < 1.29 is 8.78 Å². The summed E-state index contributed by atoms with van der Waals surface area (Å²) in [4.78, 5) is 0. The quantitative estimate of drug-likeness (QED) is 0.288. The lowest BCUT2D eigenvalue weighted by atomic mass is 9.75. The highest BCUT2D eigenvalue weighted by Crippen LogP contribution is 2.38. The Morgan fingerprint density at radius 3 is 2.03 bits per heavy atom. The van der Waals surface area contributed by atoms with Crippen molar-refractivity contribution in [3.8, 4) is 11.8 Å². The molecule has 0 amide bonds. The zero-order valence-corrected chi connectivity index (χ0v) is 19.4. The first-order chi connectivity index (χ1) is 15.1. The Labute approximate surface area is 188 Å². The van der Waals surface area contributed by atoms with Gasteiger partial charge in [-0.15, -0.1) is 0 Å². The summed E-state index contributed by atoms with van der Waals surface area (Å²) in [6, 6.07) is 3.80. The molecule has 2 heteroatoms. The molecule has 2 saturated carbocycles. The molecule has 1 aromatic carbocycles. The molecular weight excluding hydrogens is 386 g/mol. The minimum Gasteiger partial charge on any atom is -0.204 e. The van der Waals surface area contributed by atoms with Gasteiger partial charge in [-0.2, -0.15) is 0 Å².